The lowest BCUT2D eigenvalue weighted by Crippen LogP contribution is -2.13. The molecule has 0 saturated heterocycles. The Hall–Kier alpha value is -3.49. The molecule has 8 heteroatoms. The number of sulfonamides is 1. The standard InChI is InChI=1S/C23H19FN2O4S/c1-29-19-14-16(24)11-12-17(19)22-23(18-9-5-6-10-20(18)31(25,27)28)30-21(26-22)13-15-7-3-2-4-8-15/h2-12,14H,13H2,1H3,(H2,25,27,28). The van der Waals surface area contributed by atoms with E-state index in [4.69, 9.17) is 14.3 Å². The van der Waals surface area contributed by atoms with Crippen molar-refractivity contribution in [3.8, 4) is 28.3 Å². The summed E-state index contributed by atoms with van der Waals surface area (Å²) in [7, 11) is -2.61. The number of aromatic nitrogens is 1. The van der Waals surface area contributed by atoms with Crippen molar-refractivity contribution in [1.29, 1.82) is 0 Å². The summed E-state index contributed by atoms with van der Waals surface area (Å²) in [5, 5.41) is 5.43. The summed E-state index contributed by atoms with van der Waals surface area (Å²) >= 11 is 0. The first kappa shape index (κ1) is 20.8. The smallest absolute Gasteiger partial charge is 0.238 e. The maximum atomic E-state index is 13.8. The van der Waals surface area contributed by atoms with Gasteiger partial charge < -0.3 is 9.15 Å². The van der Waals surface area contributed by atoms with Crippen LogP contribution in [0.1, 0.15) is 11.5 Å². The Morgan fingerprint density at radius 1 is 1.00 bits per heavy atom. The van der Waals surface area contributed by atoms with E-state index in [0.29, 0.717) is 23.6 Å². The number of nitrogens with zero attached hydrogens (tertiary/aromatic N) is 1. The van der Waals surface area contributed by atoms with Gasteiger partial charge in [0.1, 0.15) is 17.3 Å². The zero-order valence-corrected chi connectivity index (χ0v) is 17.4. The quantitative estimate of drug-likeness (QED) is 0.482. The molecule has 158 valence electrons. The Bertz CT molecular complexity index is 1330. The molecule has 0 radical (unpaired) electrons. The highest BCUT2D eigenvalue weighted by molar-refractivity contribution is 7.89. The van der Waals surface area contributed by atoms with Crippen LogP contribution in [-0.2, 0) is 16.4 Å². The SMILES string of the molecule is COc1cc(F)ccc1-c1nc(Cc2ccccc2)oc1-c1ccccc1S(N)(=O)=O. The number of hydrogen-bond donors (Lipinski definition) is 1. The molecule has 0 saturated carbocycles. The van der Waals surface area contributed by atoms with Crippen molar-refractivity contribution in [2.75, 3.05) is 7.11 Å². The minimum atomic E-state index is -4.03. The second kappa shape index (κ2) is 8.33. The van der Waals surface area contributed by atoms with Gasteiger partial charge in [-0.15, -0.1) is 0 Å². The zero-order valence-electron chi connectivity index (χ0n) is 16.6. The molecule has 4 aromatic rings. The van der Waals surface area contributed by atoms with Crippen LogP contribution in [0.4, 0.5) is 4.39 Å². The summed E-state index contributed by atoms with van der Waals surface area (Å²) in [5.74, 6) is 0.348. The van der Waals surface area contributed by atoms with Gasteiger partial charge in [0, 0.05) is 23.6 Å². The molecule has 0 spiro atoms. The molecule has 0 fully saturated rings. The maximum Gasteiger partial charge on any atom is 0.238 e. The number of hydrogen-bond acceptors (Lipinski definition) is 5. The van der Waals surface area contributed by atoms with Crippen molar-refractivity contribution < 1.29 is 22.0 Å². The van der Waals surface area contributed by atoms with Crippen LogP contribution in [0.25, 0.3) is 22.6 Å². The van der Waals surface area contributed by atoms with Gasteiger partial charge in [-0.05, 0) is 29.8 Å². The molecule has 6 nitrogen and oxygen atoms in total. The lowest BCUT2D eigenvalue weighted by molar-refractivity contribution is 0.413. The third kappa shape index (κ3) is 4.35. The van der Waals surface area contributed by atoms with Crippen molar-refractivity contribution >= 4 is 10.0 Å². The van der Waals surface area contributed by atoms with Crippen LogP contribution in [-0.4, -0.2) is 20.5 Å². The number of primary sulfonamides is 1. The van der Waals surface area contributed by atoms with Crippen LogP contribution < -0.4 is 9.88 Å². The number of halogens is 1. The molecule has 4 rings (SSSR count). The van der Waals surface area contributed by atoms with E-state index in [2.05, 4.69) is 4.98 Å². The van der Waals surface area contributed by atoms with E-state index < -0.39 is 15.8 Å². The van der Waals surface area contributed by atoms with Gasteiger partial charge in [0.05, 0.1) is 12.0 Å². The Morgan fingerprint density at radius 3 is 2.42 bits per heavy atom. The van der Waals surface area contributed by atoms with Gasteiger partial charge in [-0.3, -0.25) is 0 Å². The number of nitrogens with two attached hydrogens (primary N) is 1. The van der Waals surface area contributed by atoms with E-state index in [1.807, 2.05) is 30.3 Å². The molecule has 31 heavy (non-hydrogen) atoms. The van der Waals surface area contributed by atoms with Crippen LogP contribution in [0, 0.1) is 5.82 Å². The number of oxazole rings is 1. The van der Waals surface area contributed by atoms with E-state index in [-0.39, 0.29) is 22.0 Å². The van der Waals surface area contributed by atoms with Crippen molar-refractivity contribution in [2.24, 2.45) is 5.14 Å². The fourth-order valence-corrected chi connectivity index (χ4v) is 4.07. The predicted octanol–water partition coefficient (Wildman–Crippen LogP) is 4.39. The van der Waals surface area contributed by atoms with Gasteiger partial charge in [-0.2, -0.15) is 0 Å². The van der Waals surface area contributed by atoms with Crippen LogP contribution in [0.2, 0.25) is 0 Å². The molecule has 0 aliphatic carbocycles. The molecule has 0 amide bonds. The number of benzene rings is 3. The van der Waals surface area contributed by atoms with Crippen molar-refractivity contribution in [1.82, 2.24) is 4.98 Å². The highest BCUT2D eigenvalue weighted by Gasteiger charge is 2.25. The summed E-state index contributed by atoms with van der Waals surface area (Å²) in [6.45, 7) is 0. The first-order valence-electron chi connectivity index (χ1n) is 9.36. The van der Waals surface area contributed by atoms with Gasteiger partial charge in [0.2, 0.25) is 10.0 Å². The van der Waals surface area contributed by atoms with Gasteiger partial charge in [-0.25, -0.2) is 22.9 Å². The summed E-state index contributed by atoms with van der Waals surface area (Å²) in [4.78, 5) is 4.51. The first-order chi connectivity index (χ1) is 14.9. The average molecular weight is 438 g/mol. The summed E-state index contributed by atoms with van der Waals surface area (Å²) < 4.78 is 49.5. The maximum absolute atomic E-state index is 13.8. The largest absolute Gasteiger partial charge is 0.496 e. The van der Waals surface area contributed by atoms with E-state index in [9.17, 15) is 12.8 Å². The van der Waals surface area contributed by atoms with Gasteiger partial charge >= 0.3 is 0 Å². The first-order valence-corrected chi connectivity index (χ1v) is 10.9. The van der Waals surface area contributed by atoms with E-state index >= 15 is 0 Å². The van der Waals surface area contributed by atoms with Crippen molar-refractivity contribution in [3.63, 3.8) is 0 Å². The molecule has 0 atom stereocenters. The summed E-state index contributed by atoms with van der Waals surface area (Å²) in [6, 6.07) is 19.8. The summed E-state index contributed by atoms with van der Waals surface area (Å²) in [5.41, 5.74) is 2.02. The lowest BCUT2D eigenvalue weighted by atomic mass is 10.0. The fourth-order valence-electron chi connectivity index (χ4n) is 3.34. The molecule has 0 unspecified atom stereocenters. The molecule has 0 bridgehead atoms. The van der Waals surface area contributed by atoms with Crippen molar-refractivity contribution in [2.45, 2.75) is 11.3 Å². The topological polar surface area (TPSA) is 95.4 Å². The van der Waals surface area contributed by atoms with E-state index in [0.717, 1.165) is 5.56 Å². The molecule has 1 aromatic heterocycles. The minimum Gasteiger partial charge on any atom is -0.496 e. The van der Waals surface area contributed by atoms with Gasteiger partial charge in [-0.1, -0.05) is 42.5 Å². The molecule has 1 heterocycles. The van der Waals surface area contributed by atoms with Crippen LogP contribution in [0.3, 0.4) is 0 Å². The Balaban J connectivity index is 1.95. The van der Waals surface area contributed by atoms with Gasteiger partial charge in [0.15, 0.2) is 11.7 Å². The normalized spacial score (nSPS) is 11.5. The summed E-state index contributed by atoms with van der Waals surface area (Å²) in [6.07, 6.45) is 0.384. The monoisotopic (exact) mass is 438 g/mol. The highest BCUT2D eigenvalue weighted by atomic mass is 32.2. The fraction of sp³-hybridized carbons (Fsp3) is 0.0870. The molecule has 3 aromatic carbocycles. The Morgan fingerprint density at radius 2 is 1.71 bits per heavy atom. The van der Waals surface area contributed by atoms with Crippen LogP contribution in [0.15, 0.2) is 82.1 Å². The molecule has 0 aliphatic rings. The molecule has 2 N–H and O–H groups in total. The minimum absolute atomic E-state index is 0.0975. The van der Waals surface area contributed by atoms with Crippen LogP contribution >= 0.6 is 0 Å². The average Bonchev–Trinajstić information content (AvgIpc) is 3.17. The second-order valence-electron chi connectivity index (χ2n) is 6.83. The zero-order chi connectivity index (χ0) is 22.0. The lowest BCUT2D eigenvalue weighted by Gasteiger charge is -2.09. The third-order valence-electron chi connectivity index (χ3n) is 4.73. The number of rotatable bonds is 6. The molecular formula is C23H19FN2O4S. The van der Waals surface area contributed by atoms with E-state index in [1.54, 1.807) is 18.2 Å². The number of ether oxygens (including phenoxy) is 1. The third-order valence-corrected chi connectivity index (χ3v) is 5.70. The Labute approximate surface area is 179 Å². The molecule has 0 aliphatic heterocycles. The van der Waals surface area contributed by atoms with Crippen molar-refractivity contribution in [3.05, 3.63) is 90.1 Å². The Kier molecular flexibility index (Phi) is 5.58. The highest BCUT2D eigenvalue weighted by Crippen LogP contribution is 2.40. The predicted molar refractivity (Wildman–Crippen MR) is 115 cm³/mol. The molecular weight excluding hydrogens is 419 g/mol. The number of methoxy groups -OCH3 is 1. The van der Waals surface area contributed by atoms with Crippen LogP contribution in [0.5, 0.6) is 5.75 Å². The van der Waals surface area contributed by atoms with E-state index in [1.165, 1.54) is 31.4 Å². The second-order valence-corrected chi connectivity index (χ2v) is 8.36. The van der Waals surface area contributed by atoms with Gasteiger partial charge in [0.25, 0.3) is 0 Å².